The molecule has 3 atom stereocenters. The number of amides is 1. The molecule has 1 heterocycles. The lowest BCUT2D eigenvalue weighted by Gasteiger charge is -2.34. The molecule has 1 fully saturated rings. The molecular weight excluding hydrogens is 246 g/mol. The number of unbranched alkanes of at least 4 members (excludes halogenated alkanes) is 5. The van der Waals surface area contributed by atoms with Crippen molar-refractivity contribution < 1.29 is 4.79 Å². The predicted octanol–water partition coefficient (Wildman–Crippen LogP) is 4.76. The third-order valence-corrected chi connectivity index (χ3v) is 5.24. The van der Waals surface area contributed by atoms with Crippen LogP contribution in [0.1, 0.15) is 72.1 Å². The smallest absolute Gasteiger partial charge is 0.230 e. The van der Waals surface area contributed by atoms with Gasteiger partial charge in [0.05, 0.1) is 0 Å². The van der Waals surface area contributed by atoms with Crippen molar-refractivity contribution in [3.8, 4) is 0 Å². The Balaban J connectivity index is 1.81. The fourth-order valence-electron chi connectivity index (χ4n) is 3.96. The number of hydrogen-bond donors (Lipinski definition) is 0. The first-order valence-electron chi connectivity index (χ1n) is 8.64. The van der Waals surface area contributed by atoms with Crippen molar-refractivity contribution in [3.05, 3.63) is 11.8 Å². The maximum Gasteiger partial charge on any atom is 0.230 e. The molecule has 1 aliphatic heterocycles. The molecule has 2 rings (SSSR count). The van der Waals surface area contributed by atoms with Gasteiger partial charge in [-0.25, -0.2) is 0 Å². The molecule has 0 bridgehead atoms. The quantitative estimate of drug-likeness (QED) is 0.615. The van der Waals surface area contributed by atoms with E-state index >= 15 is 0 Å². The number of nitrogens with zero attached hydrogens (tertiary/aromatic N) is 1. The Bertz CT molecular complexity index is 360. The highest BCUT2D eigenvalue weighted by Crippen LogP contribution is 2.44. The van der Waals surface area contributed by atoms with Crippen LogP contribution in [0.5, 0.6) is 0 Å². The molecular formula is C18H31NO. The molecule has 20 heavy (non-hydrogen) atoms. The summed E-state index contributed by atoms with van der Waals surface area (Å²) in [4.78, 5) is 14.6. The fourth-order valence-corrected chi connectivity index (χ4v) is 3.96. The van der Waals surface area contributed by atoms with E-state index in [9.17, 15) is 4.79 Å². The van der Waals surface area contributed by atoms with Gasteiger partial charge in [-0.05, 0) is 38.0 Å². The Kier molecular flexibility index (Phi) is 5.68. The lowest BCUT2D eigenvalue weighted by atomic mass is 9.82. The van der Waals surface area contributed by atoms with Gasteiger partial charge in [-0.3, -0.25) is 4.79 Å². The zero-order valence-electron chi connectivity index (χ0n) is 13.5. The van der Waals surface area contributed by atoms with Gasteiger partial charge in [-0.1, -0.05) is 51.5 Å². The van der Waals surface area contributed by atoms with Gasteiger partial charge in [0.15, 0.2) is 0 Å². The summed E-state index contributed by atoms with van der Waals surface area (Å²) in [6.07, 6.45) is 12.3. The number of rotatable bonds is 7. The minimum absolute atomic E-state index is 0.278. The summed E-state index contributed by atoms with van der Waals surface area (Å²) in [7, 11) is 0. The standard InChI is InChI=1S/C18H31NO/c1-4-5-6-7-8-9-12-19-13-15(3)16-11-10-14(2)17(16)18(19)20/h13-14,16-17H,4-12H2,1-3H3/t14-,16+,17+/m0/s1. The highest BCUT2D eigenvalue weighted by Gasteiger charge is 2.43. The molecule has 0 aromatic carbocycles. The van der Waals surface area contributed by atoms with Gasteiger partial charge in [0.25, 0.3) is 0 Å². The summed E-state index contributed by atoms with van der Waals surface area (Å²) in [5.41, 5.74) is 1.44. The van der Waals surface area contributed by atoms with Crippen LogP contribution in [0.15, 0.2) is 11.8 Å². The van der Waals surface area contributed by atoms with Crippen molar-refractivity contribution >= 4 is 5.91 Å². The molecule has 1 aliphatic carbocycles. The topological polar surface area (TPSA) is 20.3 Å². The first-order chi connectivity index (χ1) is 9.65. The summed E-state index contributed by atoms with van der Waals surface area (Å²) in [6, 6.07) is 0. The van der Waals surface area contributed by atoms with E-state index in [-0.39, 0.29) is 5.92 Å². The molecule has 1 saturated carbocycles. The van der Waals surface area contributed by atoms with Crippen molar-refractivity contribution in [1.82, 2.24) is 4.90 Å². The monoisotopic (exact) mass is 277 g/mol. The minimum atomic E-state index is 0.278. The largest absolute Gasteiger partial charge is 0.319 e. The molecule has 0 N–H and O–H groups in total. The Morgan fingerprint density at radius 1 is 1.15 bits per heavy atom. The van der Waals surface area contributed by atoms with Crippen LogP contribution in [0.3, 0.4) is 0 Å². The van der Waals surface area contributed by atoms with Crippen LogP contribution < -0.4 is 0 Å². The van der Waals surface area contributed by atoms with E-state index in [0.29, 0.717) is 17.7 Å². The summed E-state index contributed by atoms with van der Waals surface area (Å²) in [5.74, 6) is 1.79. The van der Waals surface area contributed by atoms with Gasteiger partial charge < -0.3 is 4.90 Å². The highest BCUT2D eigenvalue weighted by molar-refractivity contribution is 5.82. The third kappa shape index (κ3) is 3.45. The van der Waals surface area contributed by atoms with Crippen LogP contribution in [0.2, 0.25) is 0 Å². The van der Waals surface area contributed by atoms with Crippen LogP contribution in [-0.2, 0) is 4.79 Å². The van der Waals surface area contributed by atoms with Crippen molar-refractivity contribution in [2.45, 2.75) is 72.1 Å². The number of carbonyl (C=O) groups excluding carboxylic acids is 1. The Morgan fingerprint density at radius 2 is 1.85 bits per heavy atom. The summed E-state index contributed by atoms with van der Waals surface area (Å²) in [6.45, 7) is 7.65. The number of carbonyl (C=O) groups is 1. The molecule has 0 unspecified atom stereocenters. The molecule has 0 aromatic heterocycles. The van der Waals surface area contributed by atoms with E-state index in [1.807, 2.05) is 4.90 Å². The number of fused-ring (bicyclic) bond motifs is 1. The molecule has 2 nitrogen and oxygen atoms in total. The minimum Gasteiger partial charge on any atom is -0.319 e. The average molecular weight is 277 g/mol. The van der Waals surface area contributed by atoms with Gasteiger partial charge in [0.1, 0.15) is 0 Å². The van der Waals surface area contributed by atoms with Crippen LogP contribution in [0.4, 0.5) is 0 Å². The van der Waals surface area contributed by atoms with Crippen LogP contribution in [0, 0.1) is 17.8 Å². The van der Waals surface area contributed by atoms with Crippen molar-refractivity contribution in [2.75, 3.05) is 6.54 Å². The second-order valence-corrected chi connectivity index (χ2v) is 6.86. The Labute approximate surface area is 124 Å². The van der Waals surface area contributed by atoms with Gasteiger partial charge in [-0.2, -0.15) is 0 Å². The van der Waals surface area contributed by atoms with E-state index in [0.717, 1.165) is 13.0 Å². The number of hydrogen-bond acceptors (Lipinski definition) is 1. The van der Waals surface area contributed by atoms with E-state index in [4.69, 9.17) is 0 Å². The molecule has 0 saturated heterocycles. The average Bonchev–Trinajstić information content (AvgIpc) is 2.82. The molecule has 0 radical (unpaired) electrons. The summed E-state index contributed by atoms with van der Waals surface area (Å²) in [5, 5.41) is 0. The zero-order chi connectivity index (χ0) is 14.5. The van der Waals surface area contributed by atoms with E-state index in [1.165, 1.54) is 50.5 Å². The van der Waals surface area contributed by atoms with Gasteiger partial charge in [0, 0.05) is 18.7 Å². The van der Waals surface area contributed by atoms with Gasteiger partial charge in [-0.15, -0.1) is 0 Å². The molecule has 2 heteroatoms. The van der Waals surface area contributed by atoms with Crippen molar-refractivity contribution in [3.63, 3.8) is 0 Å². The first-order valence-corrected chi connectivity index (χ1v) is 8.64. The Morgan fingerprint density at radius 3 is 2.60 bits per heavy atom. The molecule has 0 aromatic rings. The van der Waals surface area contributed by atoms with E-state index < -0.39 is 0 Å². The van der Waals surface area contributed by atoms with Crippen LogP contribution in [0.25, 0.3) is 0 Å². The molecule has 0 spiro atoms. The zero-order valence-corrected chi connectivity index (χ0v) is 13.5. The van der Waals surface area contributed by atoms with E-state index in [1.54, 1.807) is 0 Å². The molecule has 2 aliphatic rings. The lowest BCUT2D eigenvalue weighted by Crippen LogP contribution is -2.41. The molecule has 114 valence electrons. The first kappa shape index (κ1) is 15.6. The SMILES string of the molecule is CCCCCCCCN1C=C(C)[C@H]2CC[C@H](C)[C@H]2C1=O. The highest BCUT2D eigenvalue weighted by atomic mass is 16.2. The Hall–Kier alpha value is -0.790. The van der Waals surface area contributed by atoms with Crippen molar-refractivity contribution in [2.24, 2.45) is 17.8 Å². The maximum atomic E-state index is 12.6. The van der Waals surface area contributed by atoms with Crippen LogP contribution in [-0.4, -0.2) is 17.4 Å². The van der Waals surface area contributed by atoms with Gasteiger partial charge in [0.2, 0.25) is 5.91 Å². The second-order valence-electron chi connectivity index (χ2n) is 6.86. The third-order valence-electron chi connectivity index (χ3n) is 5.24. The van der Waals surface area contributed by atoms with Gasteiger partial charge >= 0.3 is 0 Å². The number of allylic oxidation sites excluding steroid dienone is 1. The fraction of sp³-hybridized carbons (Fsp3) is 0.833. The summed E-state index contributed by atoms with van der Waals surface area (Å²) >= 11 is 0. The molecule has 1 amide bonds. The normalized spacial score (nSPS) is 29.6. The summed E-state index contributed by atoms with van der Waals surface area (Å²) < 4.78 is 0. The van der Waals surface area contributed by atoms with Crippen LogP contribution >= 0.6 is 0 Å². The lowest BCUT2D eigenvalue weighted by molar-refractivity contribution is -0.136. The second kappa shape index (κ2) is 7.28. The predicted molar refractivity (Wildman–Crippen MR) is 84.2 cm³/mol. The van der Waals surface area contributed by atoms with Crippen molar-refractivity contribution in [1.29, 1.82) is 0 Å². The maximum absolute atomic E-state index is 12.6. The van der Waals surface area contributed by atoms with E-state index in [2.05, 4.69) is 27.0 Å².